The molecular weight excluding hydrogens is 210 g/mol. The number of carbonyl (C=O) groups excluding carboxylic acids is 1. The first-order valence-corrected chi connectivity index (χ1v) is 5.54. The monoisotopic (exact) mass is 223 g/mol. The average molecular weight is 224 g/mol. The maximum Gasteiger partial charge on any atom is 0.228 e. The number of hydrogen-bond donors (Lipinski definition) is 0. The molecule has 0 saturated carbocycles. The fourth-order valence-corrected chi connectivity index (χ4v) is 2.38. The molecule has 1 fully saturated rings. The molecule has 1 aliphatic heterocycles. The van der Waals surface area contributed by atoms with Gasteiger partial charge in [-0.3, -0.25) is 4.79 Å². The van der Waals surface area contributed by atoms with E-state index in [0.717, 1.165) is 16.8 Å². The van der Waals surface area contributed by atoms with Crippen molar-refractivity contribution >= 4 is 23.2 Å². The molecule has 0 aromatic heterocycles. The number of rotatable bonds is 1. The lowest BCUT2D eigenvalue weighted by Gasteiger charge is -2.20. The molecule has 1 atom stereocenters. The number of amides is 1. The minimum Gasteiger partial charge on any atom is -0.310 e. The molecule has 3 heteroatoms. The maximum absolute atomic E-state index is 11.7. The molecule has 1 aliphatic rings. The van der Waals surface area contributed by atoms with Crippen LogP contribution >= 0.6 is 11.6 Å². The van der Waals surface area contributed by atoms with Crippen molar-refractivity contribution in [2.75, 3.05) is 11.4 Å². The molecule has 0 bridgehead atoms. The van der Waals surface area contributed by atoms with Gasteiger partial charge in [-0.1, -0.05) is 18.2 Å². The van der Waals surface area contributed by atoms with Crippen LogP contribution in [0.25, 0.3) is 0 Å². The van der Waals surface area contributed by atoms with E-state index in [2.05, 4.69) is 0 Å². The molecule has 0 aliphatic carbocycles. The smallest absolute Gasteiger partial charge is 0.228 e. The highest BCUT2D eigenvalue weighted by molar-refractivity contribution is 6.24. The molecule has 0 radical (unpaired) electrons. The van der Waals surface area contributed by atoms with Crippen molar-refractivity contribution in [1.82, 2.24) is 0 Å². The molecule has 2 rings (SSSR count). The lowest BCUT2D eigenvalue weighted by molar-refractivity contribution is -0.117. The van der Waals surface area contributed by atoms with Crippen molar-refractivity contribution in [2.24, 2.45) is 0 Å². The summed E-state index contributed by atoms with van der Waals surface area (Å²) in [5, 5.41) is -0.0449. The summed E-state index contributed by atoms with van der Waals surface area (Å²) in [4.78, 5) is 13.5. The van der Waals surface area contributed by atoms with Crippen LogP contribution < -0.4 is 4.90 Å². The zero-order valence-electron chi connectivity index (χ0n) is 8.96. The fourth-order valence-electron chi connectivity index (χ4n) is 2.11. The summed E-state index contributed by atoms with van der Waals surface area (Å²) in [5.74, 6) is 0.132. The van der Waals surface area contributed by atoms with Crippen LogP contribution in [0.5, 0.6) is 0 Å². The van der Waals surface area contributed by atoms with Crippen LogP contribution in [-0.4, -0.2) is 17.8 Å². The van der Waals surface area contributed by atoms with Gasteiger partial charge in [0, 0.05) is 18.7 Å². The van der Waals surface area contributed by atoms with Gasteiger partial charge in [-0.15, -0.1) is 11.6 Å². The van der Waals surface area contributed by atoms with Gasteiger partial charge in [-0.05, 0) is 25.0 Å². The zero-order chi connectivity index (χ0) is 11.0. The molecule has 80 valence electrons. The lowest BCUT2D eigenvalue weighted by atomic mass is 10.1. The van der Waals surface area contributed by atoms with Crippen LogP contribution in [0, 0.1) is 13.8 Å². The van der Waals surface area contributed by atoms with E-state index in [1.165, 1.54) is 0 Å². The Morgan fingerprint density at radius 1 is 1.33 bits per heavy atom. The number of hydrogen-bond acceptors (Lipinski definition) is 1. The number of halogens is 1. The van der Waals surface area contributed by atoms with Crippen LogP contribution in [-0.2, 0) is 4.79 Å². The molecule has 1 aromatic carbocycles. The Kier molecular flexibility index (Phi) is 2.70. The van der Waals surface area contributed by atoms with Crippen LogP contribution in [0.1, 0.15) is 17.5 Å². The van der Waals surface area contributed by atoms with Gasteiger partial charge in [0.1, 0.15) is 0 Å². The molecule has 1 amide bonds. The molecule has 1 aromatic rings. The SMILES string of the molecule is Cc1cccc(C)c1N1CC(Cl)CC1=O. The average Bonchev–Trinajstić information content (AvgIpc) is 2.45. The number of aryl methyl sites for hydroxylation is 2. The molecule has 0 N–H and O–H groups in total. The quantitative estimate of drug-likeness (QED) is 0.671. The van der Waals surface area contributed by atoms with Gasteiger partial charge in [0.2, 0.25) is 5.91 Å². The summed E-state index contributed by atoms with van der Waals surface area (Å²) in [5.41, 5.74) is 3.30. The van der Waals surface area contributed by atoms with Gasteiger partial charge in [0.15, 0.2) is 0 Å². The topological polar surface area (TPSA) is 20.3 Å². The second kappa shape index (κ2) is 3.86. The summed E-state index contributed by atoms with van der Waals surface area (Å²) in [6, 6.07) is 6.06. The first kappa shape index (κ1) is 10.5. The number of anilines is 1. The lowest BCUT2D eigenvalue weighted by Crippen LogP contribution is -2.26. The van der Waals surface area contributed by atoms with E-state index in [1.807, 2.05) is 36.9 Å². The Morgan fingerprint density at radius 3 is 2.40 bits per heavy atom. The Labute approximate surface area is 94.8 Å². The molecule has 1 saturated heterocycles. The third kappa shape index (κ3) is 1.86. The number of para-hydroxylation sites is 1. The summed E-state index contributed by atoms with van der Waals surface area (Å²) in [6.45, 7) is 4.68. The van der Waals surface area contributed by atoms with Gasteiger partial charge in [-0.25, -0.2) is 0 Å². The van der Waals surface area contributed by atoms with Gasteiger partial charge >= 0.3 is 0 Å². The second-order valence-electron chi connectivity index (χ2n) is 4.05. The summed E-state index contributed by atoms with van der Waals surface area (Å²) in [6.07, 6.45) is 0.454. The Bertz CT molecular complexity index is 382. The normalized spacial score (nSPS) is 21.1. The van der Waals surface area contributed by atoms with Crippen LogP contribution in [0.2, 0.25) is 0 Å². The zero-order valence-corrected chi connectivity index (χ0v) is 9.71. The van der Waals surface area contributed by atoms with E-state index < -0.39 is 0 Å². The van der Waals surface area contributed by atoms with E-state index >= 15 is 0 Å². The van der Waals surface area contributed by atoms with Gasteiger partial charge in [0.05, 0.1) is 5.38 Å². The Balaban J connectivity index is 2.41. The van der Waals surface area contributed by atoms with Crippen molar-refractivity contribution in [3.8, 4) is 0 Å². The molecule has 1 heterocycles. The highest BCUT2D eigenvalue weighted by atomic mass is 35.5. The standard InChI is InChI=1S/C12H14ClNO/c1-8-4-3-5-9(2)12(8)14-7-10(13)6-11(14)15/h3-5,10H,6-7H2,1-2H3. The van der Waals surface area contributed by atoms with Gasteiger partial charge < -0.3 is 4.90 Å². The summed E-state index contributed by atoms with van der Waals surface area (Å²) >= 11 is 5.99. The predicted molar refractivity (Wildman–Crippen MR) is 62.5 cm³/mol. The Hall–Kier alpha value is -1.02. The molecule has 2 nitrogen and oxygen atoms in total. The van der Waals surface area contributed by atoms with E-state index in [4.69, 9.17) is 11.6 Å². The van der Waals surface area contributed by atoms with Crippen molar-refractivity contribution in [2.45, 2.75) is 25.6 Å². The van der Waals surface area contributed by atoms with Crippen LogP contribution in [0.4, 0.5) is 5.69 Å². The minimum absolute atomic E-state index is 0.0449. The summed E-state index contributed by atoms with van der Waals surface area (Å²) < 4.78 is 0. The van der Waals surface area contributed by atoms with Crippen LogP contribution in [0.3, 0.4) is 0 Å². The molecule has 15 heavy (non-hydrogen) atoms. The van der Waals surface area contributed by atoms with Crippen molar-refractivity contribution in [1.29, 1.82) is 0 Å². The first-order chi connectivity index (χ1) is 7.09. The third-order valence-electron chi connectivity index (χ3n) is 2.79. The van der Waals surface area contributed by atoms with E-state index in [0.29, 0.717) is 13.0 Å². The van der Waals surface area contributed by atoms with Gasteiger partial charge in [-0.2, -0.15) is 0 Å². The highest BCUT2D eigenvalue weighted by Gasteiger charge is 2.30. The third-order valence-corrected chi connectivity index (χ3v) is 3.08. The number of alkyl halides is 1. The molecular formula is C12H14ClNO. The fraction of sp³-hybridized carbons (Fsp3) is 0.417. The first-order valence-electron chi connectivity index (χ1n) is 5.10. The summed E-state index contributed by atoms with van der Waals surface area (Å²) in [7, 11) is 0. The Morgan fingerprint density at radius 2 is 1.93 bits per heavy atom. The number of nitrogens with zero attached hydrogens (tertiary/aromatic N) is 1. The van der Waals surface area contributed by atoms with Crippen molar-refractivity contribution < 1.29 is 4.79 Å². The maximum atomic E-state index is 11.7. The van der Waals surface area contributed by atoms with E-state index in [1.54, 1.807) is 0 Å². The highest BCUT2D eigenvalue weighted by Crippen LogP contribution is 2.29. The van der Waals surface area contributed by atoms with Crippen LogP contribution in [0.15, 0.2) is 18.2 Å². The van der Waals surface area contributed by atoms with Crippen molar-refractivity contribution in [3.05, 3.63) is 29.3 Å². The number of benzene rings is 1. The molecule has 1 unspecified atom stereocenters. The predicted octanol–water partition coefficient (Wildman–Crippen LogP) is 2.65. The molecule has 0 spiro atoms. The van der Waals surface area contributed by atoms with Gasteiger partial charge in [0.25, 0.3) is 0 Å². The largest absolute Gasteiger partial charge is 0.310 e. The number of carbonyl (C=O) groups is 1. The van der Waals surface area contributed by atoms with Crippen molar-refractivity contribution in [3.63, 3.8) is 0 Å². The second-order valence-corrected chi connectivity index (χ2v) is 4.66. The van der Waals surface area contributed by atoms with E-state index in [-0.39, 0.29) is 11.3 Å². The van der Waals surface area contributed by atoms with E-state index in [9.17, 15) is 4.79 Å². The minimum atomic E-state index is -0.0449.